The molecule has 0 saturated heterocycles. The summed E-state index contributed by atoms with van der Waals surface area (Å²) in [5.74, 6) is 0.368. The summed E-state index contributed by atoms with van der Waals surface area (Å²) >= 11 is 0. The molecule has 116 valence electrons. The van der Waals surface area contributed by atoms with E-state index in [-0.39, 0.29) is 27.8 Å². The van der Waals surface area contributed by atoms with Crippen LogP contribution in [0, 0.1) is 17.0 Å². The quantitative estimate of drug-likeness (QED) is 0.544. The highest BCUT2D eigenvalue weighted by atomic mass is 16.6. The number of benzene rings is 2. The van der Waals surface area contributed by atoms with Crippen LogP contribution in [-0.4, -0.2) is 12.0 Å². The third kappa shape index (κ3) is 2.34. The Balaban J connectivity index is 2.46. The van der Waals surface area contributed by atoms with Gasteiger partial charge in [0.15, 0.2) is 5.43 Å². The van der Waals surface area contributed by atoms with Crippen molar-refractivity contribution in [3.05, 3.63) is 68.4 Å². The molecule has 0 atom stereocenters. The summed E-state index contributed by atoms with van der Waals surface area (Å²) in [6.07, 6.45) is 0. The average molecular weight is 311 g/mol. The summed E-state index contributed by atoms with van der Waals surface area (Å²) in [4.78, 5) is 23.4. The second kappa shape index (κ2) is 5.57. The van der Waals surface area contributed by atoms with Gasteiger partial charge in [0.05, 0.1) is 17.4 Å². The molecule has 1 aromatic heterocycles. The summed E-state index contributed by atoms with van der Waals surface area (Å²) in [6, 6.07) is 11.9. The summed E-state index contributed by atoms with van der Waals surface area (Å²) in [5.41, 5.74) is 0.364. The maximum Gasteiger partial charge on any atom is 0.353 e. The topological polar surface area (TPSA) is 82.6 Å². The Bertz CT molecular complexity index is 960. The maximum atomic E-state index is 12.6. The standard InChI is InChI=1S/C17H13NO5/c1-10-15(19)12-8-9-13(22-2)14(18(20)21)17(12)23-16(10)11-6-4-3-5-7-11/h3-9H,1-2H3. The van der Waals surface area contributed by atoms with Crippen molar-refractivity contribution in [3.63, 3.8) is 0 Å². The Morgan fingerprint density at radius 2 is 1.83 bits per heavy atom. The molecule has 3 rings (SSSR count). The molecule has 0 aliphatic rings. The first-order valence-electron chi connectivity index (χ1n) is 6.88. The van der Waals surface area contributed by atoms with Gasteiger partial charge in [0, 0.05) is 11.1 Å². The molecule has 0 aliphatic carbocycles. The number of nitro benzene ring substituents is 1. The van der Waals surface area contributed by atoms with E-state index in [9.17, 15) is 14.9 Å². The molecule has 6 nitrogen and oxygen atoms in total. The molecule has 0 bridgehead atoms. The molecule has 0 unspecified atom stereocenters. The lowest BCUT2D eigenvalue weighted by Gasteiger charge is -2.09. The number of fused-ring (bicyclic) bond motifs is 1. The van der Waals surface area contributed by atoms with Gasteiger partial charge in [0.2, 0.25) is 11.3 Å². The molecule has 0 radical (unpaired) electrons. The fraction of sp³-hybridized carbons (Fsp3) is 0.118. The van der Waals surface area contributed by atoms with Crippen molar-refractivity contribution in [1.29, 1.82) is 0 Å². The van der Waals surface area contributed by atoms with E-state index in [0.29, 0.717) is 16.9 Å². The smallest absolute Gasteiger partial charge is 0.353 e. The molecule has 0 N–H and O–H groups in total. The Morgan fingerprint density at radius 1 is 1.13 bits per heavy atom. The van der Waals surface area contributed by atoms with Crippen molar-refractivity contribution >= 4 is 16.7 Å². The van der Waals surface area contributed by atoms with Crippen molar-refractivity contribution in [2.24, 2.45) is 0 Å². The van der Waals surface area contributed by atoms with E-state index in [1.807, 2.05) is 6.07 Å². The first-order chi connectivity index (χ1) is 11.0. The molecule has 3 aromatic rings. The second-order valence-corrected chi connectivity index (χ2v) is 5.00. The highest BCUT2D eigenvalue weighted by Crippen LogP contribution is 2.36. The van der Waals surface area contributed by atoms with Crippen molar-refractivity contribution in [2.45, 2.75) is 6.92 Å². The number of nitrogens with zero attached hydrogens (tertiary/aromatic N) is 1. The summed E-state index contributed by atoms with van der Waals surface area (Å²) in [7, 11) is 1.33. The number of nitro groups is 1. The van der Waals surface area contributed by atoms with Crippen LogP contribution in [0.15, 0.2) is 51.7 Å². The average Bonchev–Trinajstić information content (AvgIpc) is 2.57. The lowest BCUT2D eigenvalue weighted by atomic mass is 10.1. The zero-order valence-corrected chi connectivity index (χ0v) is 12.5. The van der Waals surface area contributed by atoms with Crippen LogP contribution in [0.25, 0.3) is 22.3 Å². The Kier molecular flexibility index (Phi) is 3.57. The fourth-order valence-electron chi connectivity index (χ4n) is 2.52. The zero-order chi connectivity index (χ0) is 16.6. The first-order valence-corrected chi connectivity index (χ1v) is 6.88. The normalized spacial score (nSPS) is 10.7. The van der Waals surface area contributed by atoms with E-state index >= 15 is 0 Å². The number of rotatable bonds is 3. The molecular formula is C17H13NO5. The van der Waals surface area contributed by atoms with E-state index in [2.05, 4.69) is 0 Å². The van der Waals surface area contributed by atoms with E-state index in [0.717, 1.165) is 0 Å². The molecule has 23 heavy (non-hydrogen) atoms. The van der Waals surface area contributed by atoms with Crippen LogP contribution in [0.4, 0.5) is 5.69 Å². The molecule has 2 aromatic carbocycles. The Labute approximate surface area is 131 Å². The summed E-state index contributed by atoms with van der Waals surface area (Å²) in [5, 5.41) is 11.6. The largest absolute Gasteiger partial charge is 0.490 e. The number of ether oxygens (including phenoxy) is 1. The van der Waals surface area contributed by atoms with Crippen molar-refractivity contribution < 1.29 is 14.1 Å². The predicted molar refractivity (Wildman–Crippen MR) is 85.9 cm³/mol. The minimum absolute atomic E-state index is 0.0496. The molecule has 0 aliphatic heterocycles. The lowest BCUT2D eigenvalue weighted by molar-refractivity contribution is -0.384. The van der Waals surface area contributed by atoms with Crippen LogP contribution >= 0.6 is 0 Å². The van der Waals surface area contributed by atoms with Gasteiger partial charge in [0.25, 0.3) is 0 Å². The van der Waals surface area contributed by atoms with Gasteiger partial charge in [-0.2, -0.15) is 0 Å². The van der Waals surface area contributed by atoms with Gasteiger partial charge in [-0.3, -0.25) is 14.9 Å². The van der Waals surface area contributed by atoms with Gasteiger partial charge in [-0.25, -0.2) is 0 Å². The third-order valence-corrected chi connectivity index (χ3v) is 3.66. The van der Waals surface area contributed by atoms with Gasteiger partial charge in [-0.1, -0.05) is 30.3 Å². The zero-order valence-electron chi connectivity index (χ0n) is 12.5. The van der Waals surface area contributed by atoms with Gasteiger partial charge in [-0.05, 0) is 19.1 Å². The minimum Gasteiger partial charge on any atom is -0.490 e. The Hall–Kier alpha value is -3.15. The van der Waals surface area contributed by atoms with Crippen LogP contribution in [-0.2, 0) is 0 Å². The van der Waals surface area contributed by atoms with Gasteiger partial charge in [0.1, 0.15) is 5.76 Å². The highest BCUT2D eigenvalue weighted by molar-refractivity contribution is 5.90. The van der Waals surface area contributed by atoms with E-state index < -0.39 is 4.92 Å². The van der Waals surface area contributed by atoms with E-state index in [1.54, 1.807) is 31.2 Å². The molecule has 6 heteroatoms. The molecule has 0 fully saturated rings. The van der Waals surface area contributed by atoms with Crippen LogP contribution in [0.1, 0.15) is 5.56 Å². The highest BCUT2D eigenvalue weighted by Gasteiger charge is 2.25. The SMILES string of the molecule is COc1ccc2c(=O)c(C)c(-c3ccccc3)oc2c1[N+](=O)[O-]. The number of methoxy groups -OCH3 is 1. The van der Waals surface area contributed by atoms with Gasteiger partial charge in [-0.15, -0.1) is 0 Å². The van der Waals surface area contributed by atoms with Crippen LogP contribution in [0.5, 0.6) is 5.75 Å². The molecule has 0 spiro atoms. The van der Waals surface area contributed by atoms with Crippen molar-refractivity contribution in [1.82, 2.24) is 0 Å². The maximum absolute atomic E-state index is 12.6. The first kappa shape index (κ1) is 14.8. The fourth-order valence-corrected chi connectivity index (χ4v) is 2.52. The molecular weight excluding hydrogens is 298 g/mol. The van der Waals surface area contributed by atoms with E-state index in [1.165, 1.54) is 19.2 Å². The van der Waals surface area contributed by atoms with Crippen molar-refractivity contribution in [2.75, 3.05) is 7.11 Å². The van der Waals surface area contributed by atoms with Crippen LogP contribution < -0.4 is 10.2 Å². The number of hydrogen-bond acceptors (Lipinski definition) is 5. The van der Waals surface area contributed by atoms with Gasteiger partial charge >= 0.3 is 5.69 Å². The van der Waals surface area contributed by atoms with Crippen LogP contribution in [0.3, 0.4) is 0 Å². The number of hydrogen-bond donors (Lipinski definition) is 0. The second-order valence-electron chi connectivity index (χ2n) is 5.00. The van der Waals surface area contributed by atoms with Crippen LogP contribution in [0.2, 0.25) is 0 Å². The molecule has 0 amide bonds. The molecule has 0 saturated carbocycles. The Morgan fingerprint density at radius 3 is 2.43 bits per heavy atom. The van der Waals surface area contributed by atoms with Gasteiger partial charge < -0.3 is 9.15 Å². The minimum atomic E-state index is -0.603. The van der Waals surface area contributed by atoms with Crippen molar-refractivity contribution in [3.8, 4) is 17.1 Å². The monoisotopic (exact) mass is 311 g/mol. The third-order valence-electron chi connectivity index (χ3n) is 3.66. The lowest BCUT2D eigenvalue weighted by Crippen LogP contribution is -2.08. The molecule has 1 heterocycles. The predicted octanol–water partition coefficient (Wildman–Crippen LogP) is 3.69. The summed E-state index contributed by atoms with van der Waals surface area (Å²) < 4.78 is 10.8. The summed E-state index contributed by atoms with van der Waals surface area (Å²) in [6.45, 7) is 1.64. The van der Waals surface area contributed by atoms with E-state index in [4.69, 9.17) is 9.15 Å².